The fraction of sp³-hybridized carbons (Fsp3) is 0.222. The molecule has 7 nitrogen and oxygen atoms in total. The van der Waals surface area contributed by atoms with Gasteiger partial charge in [0, 0.05) is 24.8 Å². The van der Waals surface area contributed by atoms with Crippen LogP contribution in [0.15, 0.2) is 49.1 Å². The van der Waals surface area contributed by atoms with Crippen molar-refractivity contribution in [3.05, 3.63) is 70.5 Å². The van der Waals surface area contributed by atoms with E-state index in [0.29, 0.717) is 24.2 Å². The molecule has 0 bridgehead atoms. The molecule has 0 radical (unpaired) electrons. The summed E-state index contributed by atoms with van der Waals surface area (Å²) in [7, 11) is 0. The highest BCUT2D eigenvalue weighted by atomic mass is 19.1. The molecule has 0 saturated heterocycles. The SMILES string of the molecule is O=[N+]([O-])c1cc2c(cc1-c1cccc(F)c1)CCN2CCn1cncn1. The predicted octanol–water partition coefficient (Wildman–Crippen LogP) is 3.06. The zero-order chi connectivity index (χ0) is 18.1. The summed E-state index contributed by atoms with van der Waals surface area (Å²) in [6.07, 6.45) is 3.92. The molecule has 0 unspecified atom stereocenters. The lowest BCUT2D eigenvalue weighted by molar-refractivity contribution is -0.384. The number of hydrogen-bond donors (Lipinski definition) is 0. The zero-order valence-corrected chi connectivity index (χ0v) is 13.9. The van der Waals surface area contributed by atoms with Gasteiger partial charge in [-0.05, 0) is 35.7 Å². The second-order valence-corrected chi connectivity index (χ2v) is 6.16. The first-order valence-corrected chi connectivity index (χ1v) is 8.26. The van der Waals surface area contributed by atoms with Gasteiger partial charge in [0.15, 0.2) is 0 Å². The number of halogens is 1. The molecular weight excluding hydrogens is 337 g/mol. The van der Waals surface area contributed by atoms with Gasteiger partial charge < -0.3 is 4.90 Å². The van der Waals surface area contributed by atoms with Crippen molar-refractivity contribution in [2.75, 3.05) is 18.0 Å². The highest BCUT2D eigenvalue weighted by Gasteiger charge is 2.26. The van der Waals surface area contributed by atoms with Gasteiger partial charge in [0.2, 0.25) is 0 Å². The number of nitro benzene ring substituents is 1. The molecule has 1 aliphatic rings. The van der Waals surface area contributed by atoms with Gasteiger partial charge >= 0.3 is 0 Å². The third-order valence-corrected chi connectivity index (χ3v) is 4.59. The molecule has 26 heavy (non-hydrogen) atoms. The van der Waals surface area contributed by atoms with Crippen LogP contribution in [0.2, 0.25) is 0 Å². The quantitative estimate of drug-likeness (QED) is 0.520. The molecule has 0 aliphatic carbocycles. The van der Waals surface area contributed by atoms with Crippen molar-refractivity contribution in [1.29, 1.82) is 0 Å². The molecule has 8 heteroatoms. The van der Waals surface area contributed by atoms with E-state index in [-0.39, 0.29) is 5.69 Å². The third-order valence-electron chi connectivity index (χ3n) is 4.59. The molecule has 2 heterocycles. The molecule has 0 N–H and O–H groups in total. The average Bonchev–Trinajstić information content (AvgIpc) is 3.28. The Morgan fingerprint density at radius 1 is 1.23 bits per heavy atom. The van der Waals surface area contributed by atoms with E-state index in [1.165, 1.54) is 18.5 Å². The Morgan fingerprint density at radius 2 is 2.12 bits per heavy atom. The Labute approximate surface area is 148 Å². The minimum absolute atomic E-state index is 0.0120. The van der Waals surface area contributed by atoms with Crippen molar-refractivity contribution in [1.82, 2.24) is 14.8 Å². The van der Waals surface area contributed by atoms with Crippen LogP contribution in [0.5, 0.6) is 0 Å². The Kier molecular flexibility index (Phi) is 4.08. The number of anilines is 1. The average molecular weight is 353 g/mol. The standard InChI is InChI=1S/C18H16FN5O2/c19-15-3-1-2-13(8-15)16-9-14-4-5-22(6-7-23-12-20-11-21-23)17(14)10-18(16)24(25)26/h1-3,8-12H,4-7H2. The first kappa shape index (κ1) is 16.2. The van der Waals surface area contributed by atoms with Crippen molar-refractivity contribution in [2.45, 2.75) is 13.0 Å². The van der Waals surface area contributed by atoms with Gasteiger partial charge in [-0.3, -0.25) is 14.8 Å². The van der Waals surface area contributed by atoms with Crippen LogP contribution in [0.3, 0.4) is 0 Å². The maximum absolute atomic E-state index is 13.6. The van der Waals surface area contributed by atoms with Crippen LogP contribution in [0, 0.1) is 15.9 Å². The summed E-state index contributed by atoms with van der Waals surface area (Å²) in [5.41, 5.74) is 2.85. The van der Waals surface area contributed by atoms with Gasteiger partial charge in [-0.25, -0.2) is 9.37 Å². The Morgan fingerprint density at radius 3 is 2.85 bits per heavy atom. The molecule has 0 fully saturated rings. The van der Waals surface area contributed by atoms with E-state index >= 15 is 0 Å². The normalized spacial score (nSPS) is 13.0. The van der Waals surface area contributed by atoms with Crippen molar-refractivity contribution >= 4 is 11.4 Å². The molecule has 0 amide bonds. The van der Waals surface area contributed by atoms with Gasteiger partial charge in [-0.1, -0.05) is 12.1 Å². The second-order valence-electron chi connectivity index (χ2n) is 6.16. The number of hydrogen-bond acceptors (Lipinski definition) is 5. The van der Waals surface area contributed by atoms with Crippen molar-refractivity contribution in [3.8, 4) is 11.1 Å². The highest BCUT2D eigenvalue weighted by molar-refractivity contribution is 5.79. The Bertz CT molecular complexity index is 958. The van der Waals surface area contributed by atoms with Crippen molar-refractivity contribution in [3.63, 3.8) is 0 Å². The van der Waals surface area contributed by atoms with E-state index in [4.69, 9.17) is 0 Å². The lowest BCUT2D eigenvalue weighted by Gasteiger charge is -2.19. The van der Waals surface area contributed by atoms with E-state index in [0.717, 1.165) is 24.2 Å². The van der Waals surface area contributed by atoms with Gasteiger partial charge in [0.05, 0.1) is 17.0 Å². The molecule has 0 spiro atoms. The summed E-state index contributed by atoms with van der Waals surface area (Å²) in [6.45, 7) is 2.12. The van der Waals surface area contributed by atoms with Gasteiger partial charge in [0.1, 0.15) is 18.5 Å². The summed E-state index contributed by atoms with van der Waals surface area (Å²) < 4.78 is 15.3. The molecule has 132 valence electrons. The smallest absolute Gasteiger partial charge is 0.279 e. The third kappa shape index (κ3) is 3.01. The summed E-state index contributed by atoms with van der Waals surface area (Å²) in [5, 5.41) is 15.7. The van der Waals surface area contributed by atoms with Crippen LogP contribution < -0.4 is 4.90 Å². The number of aromatic nitrogens is 3. The molecule has 4 rings (SSSR count). The van der Waals surface area contributed by atoms with E-state index in [9.17, 15) is 14.5 Å². The zero-order valence-electron chi connectivity index (χ0n) is 13.9. The molecule has 3 aromatic rings. The minimum atomic E-state index is -0.410. The van der Waals surface area contributed by atoms with Gasteiger partial charge in [-0.15, -0.1) is 0 Å². The van der Waals surface area contributed by atoms with E-state index in [1.807, 2.05) is 6.07 Å². The fourth-order valence-corrected chi connectivity index (χ4v) is 3.33. The summed E-state index contributed by atoms with van der Waals surface area (Å²) >= 11 is 0. The monoisotopic (exact) mass is 353 g/mol. The summed E-state index contributed by atoms with van der Waals surface area (Å²) in [5.74, 6) is -0.410. The minimum Gasteiger partial charge on any atom is -0.369 e. The van der Waals surface area contributed by atoms with Crippen LogP contribution in [0.1, 0.15) is 5.56 Å². The fourth-order valence-electron chi connectivity index (χ4n) is 3.33. The molecule has 1 aliphatic heterocycles. The highest BCUT2D eigenvalue weighted by Crippen LogP contribution is 2.39. The molecule has 2 aromatic carbocycles. The van der Waals surface area contributed by atoms with Crippen LogP contribution in [-0.2, 0) is 13.0 Å². The first-order chi connectivity index (χ1) is 12.6. The van der Waals surface area contributed by atoms with Gasteiger partial charge in [-0.2, -0.15) is 5.10 Å². The largest absolute Gasteiger partial charge is 0.369 e. The number of fused-ring (bicyclic) bond motifs is 1. The van der Waals surface area contributed by atoms with Crippen LogP contribution >= 0.6 is 0 Å². The van der Waals surface area contributed by atoms with E-state index in [1.54, 1.807) is 29.2 Å². The lowest BCUT2D eigenvalue weighted by Crippen LogP contribution is -2.25. The molecule has 0 atom stereocenters. The van der Waals surface area contributed by atoms with Gasteiger partial charge in [0.25, 0.3) is 5.69 Å². The van der Waals surface area contributed by atoms with E-state index < -0.39 is 10.7 Å². The number of benzene rings is 2. The van der Waals surface area contributed by atoms with E-state index in [2.05, 4.69) is 15.0 Å². The van der Waals surface area contributed by atoms with Crippen LogP contribution in [0.25, 0.3) is 11.1 Å². The molecule has 1 aromatic heterocycles. The maximum atomic E-state index is 13.6. The molecular formula is C18H16FN5O2. The molecule has 0 saturated carbocycles. The first-order valence-electron chi connectivity index (χ1n) is 8.26. The topological polar surface area (TPSA) is 77.1 Å². The van der Waals surface area contributed by atoms with Crippen LogP contribution in [0.4, 0.5) is 15.8 Å². The Balaban J connectivity index is 1.68. The summed E-state index contributed by atoms with van der Waals surface area (Å²) in [4.78, 5) is 17.2. The number of rotatable bonds is 5. The second kappa shape index (κ2) is 6.55. The van der Waals surface area contributed by atoms with Crippen molar-refractivity contribution in [2.24, 2.45) is 0 Å². The number of nitrogens with zero attached hydrogens (tertiary/aromatic N) is 5. The van der Waals surface area contributed by atoms with Crippen molar-refractivity contribution < 1.29 is 9.31 Å². The Hall–Kier alpha value is -3.29. The summed E-state index contributed by atoms with van der Waals surface area (Å²) in [6, 6.07) is 9.32. The maximum Gasteiger partial charge on any atom is 0.279 e. The number of nitro groups is 1. The lowest BCUT2D eigenvalue weighted by atomic mass is 9.99. The van der Waals surface area contributed by atoms with Crippen LogP contribution in [-0.4, -0.2) is 32.8 Å². The predicted molar refractivity (Wildman–Crippen MR) is 94.4 cm³/mol.